The maximum absolute atomic E-state index is 5.60. The molecule has 72 valence electrons. The summed E-state index contributed by atoms with van der Waals surface area (Å²) >= 11 is 0. The summed E-state index contributed by atoms with van der Waals surface area (Å²) in [5.41, 5.74) is 5.60. The van der Waals surface area contributed by atoms with Gasteiger partial charge in [-0.15, -0.1) is 0 Å². The van der Waals surface area contributed by atoms with Gasteiger partial charge in [0.15, 0.2) is 0 Å². The second-order valence-electron chi connectivity index (χ2n) is 4.48. The molecule has 1 saturated carbocycles. The van der Waals surface area contributed by atoms with Crippen LogP contribution in [-0.4, -0.2) is 6.54 Å². The van der Waals surface area contributed by atoms with E-state index in [1.165, 1.54) is 19.3 Å². The van der Waals surface area contributed by atoms with Crippen LogP contribution in [0.25, 0.3) is 0 Å². The molecule has 0 spiro atoms. The predicted molar refractivity (Wildman–Crippen MR) is 53.9 cm³/mol. The van der Waals surface area contributed by atoms with Gasteiger partial charge in [0, 0.05) is 0 Å². The normalized spacial score (nSPS) is 37.5. The van der Waals surface area contributed by atoms with Crippen LogP contribution < -0.4 is 5.73 Å². The fraction of sp³-hybridized carbons (Fsp3) is 1.00. The maximum Gasteiger partial charge on any atom is -0.00745 e. The third kappa shape index (κ3) is 1.82. The van der Waals surface area contributed by atoms with Crippen molar-refractivity contribution in [3.8, 4) is 0 Å². The molecule has 0 heterocycles. The van der Waals surface area contributed by atoms with Crippen LogP contribution in [0.4, 0.5) is 0 Å². The lowest BCUT2D eigenvalue weighted by Gasteiger charge is -2.45. The van der Waals surface area contributed by atoms with Crippen molar-refractivity contribution in [1.29, 1.82) is 0 Å². The van der Waals surface area contributed by atoms with E-state index in [1.807, 2.05) is 0 Å². The first-order valence-electron chi connectivity index (χ1n) is 5.40. The van der Waals surface area contributed by atoms with Gasteiger partial charge in [-0.05, 0) is 43.1 Å². The predicted octanol–water partition coefficient (Wildman–Crippen LogP) is 2.65. The Bertz CT molecular complexity index is 131. The summed E-state index contributed by atoms with van der Waals surface area (Å²) in [5, 5.41) is 0. The average Bonchev–Trinajstić information content (AvgIpc) is 2.10. The summed E-state index contributed by atoms with van der Waals surface area (Å²) in [6.45, 7) is 7.94. The van der Waals surface area contributed by atoms with Crippen molar-refractivity contribution in [2.75, 3.05) is 6.54 Å². The van der Waals surface area contributed by atoms with Crippen molar-refractivity contribution in [2.45, 2.75) is 40.0 Å². The molecule has 0 aliphatic heterocycles. The van der Waals surface area contributed by atoms with E-state index < -0.39 is 0 Å². The minimum Gasteiger partial charge on any atom is -0.330 e. The molecule has 0 saturated heterocycles. The van der Waals surface area contributed by atoms with Gasteiger partial charge in [-0.25, -0.2) is 0 Å². The molecule has 2 unspecified atom stereocenters. The Hall–Kier alpha value is -0.0400. The molecule has 0 aromatic rings. The second kappa shape index (κ2) is 4.27. The van der Waals surface area contributed by atoms with Gasteiger partial charge < -0.3 is 5.73 Å². The molecule has 12 heavy (non-hydrogen) atoms. The van der Waals surface area contributed by atoms with Crippen molar-refractivity contribution < 1.29 is 0 Å². The molecular formula is C11H23N. The second-order valence-corrected chi connectivity index (χ2v) is 4.48. The molecule has 1 nitrogen and oxygen atoms in total. The highest BCUT2D eigenvalue weighted by Crippen LogP contribution is 2.45. The fourth-order valence-electron chi connectivity index (χ4n) is 2.64. The van der Waals surface area contributed by atoms with E-state index in [0.29, 0.717) is 0 Å². The highest BCUT2D eigenvalue weighted by atomic mass is 14.5. The number of hydrogen-bond donors (Lipinski definition) is 1. The Morgan fingerprint density at radius 2 is 2.08 bits per heavy atom. The van der Waals surface area contributed by atoms with E-state index in [4.69, 9.17) is 5.73 Å². The molecule has 0 amide bonds. The van der Waals surface area contributed by atoms with E-state index >= 15 is 0 Å². The lowest BCUT2D eigenvalue weighted by atomic mass is 9.60. The van der Waals surface area contributed by atoms with Gasteiger partial charge in [0.25, 0.3) is 0 Å². The lowest BCUT2D eigenvalue weighted by Crippen LogP contribution is -2.38. The van der Waals surface area contributed by atoms with E-state index in [1.54, 1.807) is 0 Å². The number of hydrogen-bond acceptors (Lipinski definition) is 1. The summed E-state index contributed by atoms with van der Waals surface area (Å²) in [5.74, 6) is 3.79. The van der Waals surface area contributed by atoms with Crippen LogP contribution in [0.3, 0.4) is 0 Å². The van der Waals surface area contributed by atoms with Crippen LogP contribution in [0.2, 0.25) is 0 Å². The smallest absolute Gasteiger partial charge is 0.00745 e. The third-order valence-electron chi connectivity index (χ3n) is 3.88. The Morgan fingerprint density at radius 3 is 2.42 bits per heavy atom. The molecule has 1 aliphatic carbocycles. The quantitative estimate of drug-likeness (QED) is 0.688. The van der Waals surface area contributed by atoms with E-state index in [0.717, 1.165) is 30.2 Å². The van der Waals surface area contributed by atoms with Crippen molar-refractivity contribution in [3.05, 3.63) is 0 Å². The average molecular weight is 169 g/mol. The highest BCUT2D eigenvalue weighted by Gasteiger charge is 2.38. The van der Waals surface area contributed by atoms with Gasteiger partial charge in [-0.3, -0.25) is 0 Å². The SMILES string of the molecule is CC[C@@H](CCN)C1C[C@H](C)C1C. The van der Waals surface area contributed by atoms with Crippen LogP contribution >= 0.6 is 0 Å². The van der Waals surface area contributed by atoms with Crippen LogP contribution in [0, 0.1) is 23.7 Å². The van der Waals surface area contributed by atoms with E-state index in [2.05, 4.69) is 20.8 Å². The molecule has 0 aromatic carbocycles. The van der Waals surface area contributed by atoms with E-state index in [9.17, 15) is 0 Å². The minimum atomic E-state index is 0.871. The zero-order chi connectivity index (χ0) is 9.14. The number of rotatable bonds is 4. The van der Waals surface area contributed by atoms with Crippen LogP contribution in [-0.2, 0) is 0 Å². The largest absolute Gasteiger partial charge is 0.330 e. The van der Waals surface area contributed by atoms with Crippen LogP contribution in [0.1, 0.15) is 40.0 Å². The maximum atomic E-state index is 5.60. The summed E-state index contributed by atoms with van der Waals surface area (Å²) in [7, 11) is 0. The first-order chi connectivity index (χ1) is 5.70. The molecule has 0 aromatic heterocycles. The first-order valence-corrected chi connectivity index (χ1v) is 5.40. The van der Waals surface area contributed by atoms with Gasteiger partial charge in [-0.2, -0.15) is 0 Å². The molecule has 2 N–H and O–H groups in total. The van der Waals surface area contributed by atoms with Gasteiger partial charge in [-0.1, -0.05) is 27.2 Å². The van der Waals surface area contributed by atoms with Crippen molar-refractivity contribution in [2.24, 2.45) is 29.4 Å². The Morgan fingerprint density at radius 1 is 1.42 bits per heavy atom. The van der Waals surface area contributed by atoms with Gasteiger partial charge in [0.05, 0.1) is 0 Å². The summed E-state index contributed by atoms with van der Waals surface area (Å²) in [6.07, 6.45) is 4.00. The monoisotopic (exact) mass is 169 g/mol. The standard InChI is InChI=1S/C11H23N/c1-4-10(5-6-12)11-7-8(2)9(11)3/h8-11H,4-7,12H2,1-3H3/t8-,9?,10-,11?/m0/s1. The zero-order valence-corrected chi connectivity index (χ0v) is 8.72. The molecular weight excluding hydrogens is 146 g/mol. The zero-order valence-electron chi connectivity index (χ0n) is 8.72. The van der Waals surface area contributed by atoms with Gasteiger partial charge in [0.2, 0.25) is 0 Å². The van der Waals surface area contributed by atoms with Gasteiger partial charge >= 0.3 is 0 Å². The fourth-order valence-corrected chi connectivity index (χ4v) is 2.64. The van der Waals surface area contributed by atoms with E-state index in [-0.39, 0.29) is 0 Å². The Kier molecular flexibility index (Phi) is 3.57. The summed E-state index contributed by atoms with van der Waals surface area (Å²) in [6, 6.07) is 0. The molecule has 1 heteroatoms. The summed E-state index contributed by atoms with van der Waals surface area (Å²) < 4.78 is 0. The third-order valence-corrected chi connectivity index (χ3v) is 3.88. The lowest BCUT2D eigenvalue weighted by molar-refractivity contribution is 0.0434. The highest BCUT2D eigenvalue weighted by molar-refractivity contribution is 4.87. The molecule has 1 aliphatic rings. The molecule has 0 radical (unpaired) electrons. The van der Waals surface area contributed by atoms with Gasteiger partial charge in [0.1, 0.15) is 0 Å². The molecule has 0 bridgehead atoms. The molecule has 4 atom stereocenters. The van der Waals surface area contributed by atoms with Crippen molar-refractivity contribution in [1.82, 2.24) is 0 Å². The molecule has 1 rings (SSSR count). The summed E-state index contributed by atoms with van der Waals surface area (Å²) in [4.78, 5) is 0. The first kappa shape index (κ1) is 10.0. The topological polar surface area (TPSA) is 26.0 Å². The Balaban J connectivity index is 2.35. The van der Waals surface area contributed by atoms with Crippen molar-refractivity contribution in [3.63, 3.8) is 0 Å². The Labute approximate surface area is 76.7 Å². The van der Waals surface area contributed by atoms with Crippen molar-refractivity contribution >= 4 is 0 Å². The number of nitrogens with two attached hydrogens (primary N) is 1. The minimum absolute atomic E-state index is 0.871. The molecule has 1 fully saturated rings. The van der Waals surface area contributed by atoms with Crippen LogP contribution in [0.15, 0.2) is 0 Å². The van der Waals surface area contributed by atoms with Crippen LogP contribution in [0.5, 0.6) is 0 Å².